The van der Waals surface area contributed by atoms with Gasteiger partial charge in [-0.2, -0.15) is 0 Å². The summed E-state index contributed by atoms with van der Waals surface area (Å²) in [6.07, 6.45) is 43.7. The fourth-order valence-electron chi connectivity index (χ4n) is 5.95. The molecule has 0 aliphatic rings. The summed E-state index contributed by atoms with van der Waals surface area (Å²) < 4.78 is 39.9. The molecule has 8 heteroatoms. The van der Waals surface area contributed by atoms with Gasteiger partial charge in [0, 0.05) is 23.6 Å². The Balaban J connectivity index is -0.000000371. The molecule has 1 aromatic rings. The van der Waals surface area contributed by atoms with E-state index in [4.69, 9.17) is 22.3 Å². The van der Waals surface area contributed by atoms with Gasteiger partial charge in [0.1, 0.15) is 0 Å². The summed E-state index contributed by atoms with van der Waals surface area (Å²) in [6, 6.07) is 10.9. The first kappa shape index (κ1) is 57.8. The molecule has 0 unspecified atom stereocenters. The second-order valence-corrected chi connectivity index (χ2v) is 14.6. The summed E-state index contributed by atoms with van der Waals surface area (Å²) in [6.45, 7) is 8.85. The van der Waals surface area contributed by atoms with Crippen LogP contribution in [0.5, 0.6) is 0 Å². The Morgan fingerprint density at radius 1 is 0.420 bits per heavy atom. The predicted molar refractivity (Wildman–Crippen MR) is 207 cm³/mol. The van der Waals surface area contributed by atoms with Crippen molar-refractivity contribution in [1.82, 2.24) is 0 Å². The molecule has 0 N–H and O–H groups in total. The van der Waals surface area contributed by atoms with Gasteiger partial charge in [-0.1, -0.05) is 224 Å². The standard InChI is InChI=1S/C24H50O.C18H30.2Na.H2O4S/c1-3-5-7-9-11-13-15-17-19-21-23-25-24-22-20-18-16-14-12-10-8-6-4-2;1-2-3-4-5-6-7-8-9-10-12-15-18-16-13-11-14-17-18;;;1-5(2,3)4/h3-24H2,1-2H3;11,13-14,16-17H,2-10,12,15H2,1H3;;;(H2,1,2,3,4)/q;;2*+1;/p-2. The first-order valence-corrected chi connectivity index (χ1v) is 22.0. The Morgan fingerprint density at radius 3 is 0.940 bits per heavy atom. The van der Waals surface area contributed by atoms with Crippen LogP contribution >= 0.6 is 0 Å². The minimum atomic E-state index is -5.17. The third kappa shape index (κ3) is 61.1. The van der Waals surface area contributed by atoms with Crippen LogP contribution in [0.25, 0.3) is 0 Å². The molecule has 50 heavy (non-hydrogen) atoms. The van der Waals surface area contributed by atoms with Crippen LogP contribution in [0.4, 0.5) is 0 Å². The molecular formula is C42H80Na2O5S. The van der Waals surface area contributed by atoms with Crippen molar-refractivity contribution in [3.05, 3.63) is 35.9 Å². The molecule has 0 bridgehead atoms. The monoisotopic (exact) mass is 743 g/mol. The fraction of sp³-hybridized carbons (Fsp3) is 0.857. The molecule has 0 aromatic heterocycles. The van der Waals surface area contributed by atoms with Gasteiger partial charge in [0.15, 0.2) is 0 Å². The Labute approximate surface area is 357 Å². The molecule has 1 rings (SSSR count). The van der Waals surface area contributed by atoms with Crippen LogP contribution < -0.4 is 59.1 Å². The number of rotatable bonds is 33. The van der Waals surface area contributed by atoms with E-state index in [-0.39, 0.29) is 59.1 Å². The van der Waals surface area contributed by atoms with E-state index in [0.717, 1.165) is 13.2 Å². The molecule has 0 saturated heterocycles. The fourth-order valence-corrected chi connectivity index (χ4v) is 5.95. The summed E-state index contributed by atoms with van der Waals surface area (Å²) in [5.74, 6) is 0. The van der Waals surface area contributed by atoms with Gasteiger partial charge in [-0.15, -0.1) is 0 Å². The van der Waals surface area contributed by atoms with E-state index in [9.17, 15) is 0 Å². The van der Waals surface area contributed by atoms with E-state index in [1.54, 1.807) is 0 Å². The van der Waals surface area contributed by atoms with Gasteiger partial charge in [0.2, 0.25) is 0 Å². The maximum atomic E-state index is 8.52. The van der Waals surface area contributed by atoms with E-state index >= 15 is 0 Å². The summed E-state index contributed by atoms with van der Waals surface area (Å²) in [7, 11) is -5.17. The quantitative estimate of drug-likeness (QED) is 0.0320. The normalized spacial score (nSPS) is 10.7. The van der Waals surface area contributed by atoms with Crippen molar-refractivity contribution in [2.24, 2.45) is 0 Å². The second-order valence-electron chi connectivity index (χ2n) is 13.8. The maximum Gasteiger partial charge on any atom is 1.00 e. The van der Waals surface area contributed by atoms with Crippen LogP contribution in [0.1, 0.15) is 219 Å². The van der Waals surface area contributed by atoms with Crippen LogP contribution in [0.3, 0.4) is 0 Å². The number of ether oxygens (including phenoxy) is 1. The predicted octanol–water partition coefficient (Wildman–Crippen LogP) is 7.66. The zero-order chi connectivity index (χ0) is 35.7. The number of unbranched alkanes of at least 4 members (excludes halogenated alkanes) is 27. The van der Waals surface area contributed by atoms with E-state index in [0.29, 0.717) is 0 Å². The molecule has 0 aliphatic heterocycles. The molecule has 0 amide bonds. The topological polar surface area (TPSA) is 89.5 Å². The van der Waals surface area contributed by atoms with Gasteiger partial charge in [-0.25, -0.2) is 0 Å². The molecule has 0 atom stereocenters. The molecule has 0 aliphatic carbocycles. The minimum absolute atomic E-state index is 0. The maximum absolute atomic E-state index is 8.52. The summed E-state index contributed by atoms with van der Waals surface area (Å²) in [4.78, 5) is 0. The van der Waals surface area contributed by atoms with Crippen LogP contribution in [0.15, 0.2) is 30.3 Å². The SMILES string of the molecule is CCCCCCCCCCCCOCCCCCCCCCCCC.CCCCCCCCCCCCc1ccccc1.O=S(=O)([O-])[O-].[Na+].[Na+]. The molecule has 0 fully saturated rings. The average Bonchev–Trinajstić information content (AvgIpc) is 3.06. The number of aryl methyl sites for hydroxylation is 1. The largest absolute Gasteiger partial charge is 1.00 e. The van der Waals surface area contributed by atoms with Crippen molar-refractivity contribution in [3.63, 3.8) is 0 Å². The van der Waals surface area contributed by atoms with Crippen molar-refractivity contribution in [1.29, 1.82) is 0 Å². The Morgan fingerprint density at radius 2 is 0.660 bits per heavy atom. The van der Waals surface area contributed by atoms with Crippen molar-refractivity contribution >= 4 is 10.4 Å². The molecule has 0 heterocycles. The molecular weight excluding hydrogens is 663 g/mol. The second kappa shape index (κ2) is 50.1. The van der Waals surface area contributed by atoms with Gasteiger partial charge < -0.3 is 13.8 Å². The van der Waals surface area contributed by atoms with Gasteiger partial charge in [-0.05, 0) is 31.2 Å². The van der Waals surface area contributed by atoms with Gasteiger partial charge in [0.05, 0.1) is 0 Å². The Hall–Kier alpha value is 1.05. The zero-order valence-electron chi connectivity index (χ0n) is 34.2. The number of hydrogen-bond donors (Lipinski definition) is 0. The average molecular weight is 743 g/mol. The molecule has 5 nitrogen and oxygen atoms in total. The van der Waals surface area contributed by atoms with E-state index in [2.05, 4.69) is 51.1 Å². The zero-order valence-corrected chi connectivity index (χ0v) is 39.0. The van der Waals surface area contributed by atoms with Crippen molar-refractivity contribution in [2.45, 2.75) is 220 Å². The molecule has 0 saturated carbocycles. The Bertz CT molecular complexity index is 782. The molecule has 0 radical (unpaired) electrons. The van der Waals surface area contributed by atoms with E-state index < -0.39 is 10.4 Å². The van der Waals surface area contributed by atoms with Crippen LogP contribution in [-0.4, -0.2) is 30.7 Å². The van der Waals surface area contributed by atoms with Gasteiger partial charge >= 0.3 is 59.1 Å². The molecule has 286 valence electrons. The molecule has 1 aromatic carbocycles. The first-order chi connectivity index (χ1) is 23.3. The summed E-state index contributed by atoms with van der Waals surface area (Å²) >= 11 is 0. The van der Waals surface area contributed by atoms with E-state index in [1.165, 1.54) is 205 Å². The number of hydrogen-bond acceptors (Lipinski definition) is 5. The van der Waals surface area contributed by atoms with Crippen molar-refractivity contribution in [2.75, 3.05) is 13.2 Å². The van der Waals surface area contributed by atoms with Crippen LogP contribution in [-0.2, 0) is 21.6 Å². The third-order valence-electron chi connectivity index (χ3n) is 8.95. The van der Waals surface area contributed by atoms with Crippen molar-refractivity contribution < 1.29 is 81.4 Å². The van der Waals surface area contributed by atoms with E-state index in [1.807, 2.05) is 0 Å². The van der Waals surface area contributed by atoms with Crippen LogP contribution in [0.2, 0.25) is 0 Å². The third-order valence-corrected chi connectivity index (χ3v) is 8.95. The summed E-state index contributed by atoms with van der Waals surface area (Å²) in [5, 5.41) is 0. The van der Waals surface area contributed by atoms with Crippen LogP contribution in [0, 0.1) is 0 Å². The molecule has 0 spiro atoms. The van der Waals surface area contributed by atoms with Crippen molar-refractivity contribution in [3.8, 4) is 0 Å². The van der Waals surface area contributed by atoms with Gasteiger partial charge in [-0.3, -0.25) is 8.42 Å². The minimum Gasteiger partial charge on any atom is -0.759 e. The smallest absolute Gasteiger partial charge is 0.759 e. The number of benzene rings is 1. The van der Waals surface area contributed by atoms with Gasteiger partial charge in [0.25, 0.3) is 0 Å². The Kier molecular flexibility index (Phi) is 57.8. The summed E-state index contributed by atoms with van der Waals surface area (Å²) in [5.41, 5.74) is 1.50. The first-order valence-electron chi connectivity index (χ1n) is 20.6.